The van der Waals surface area contributed by atoms with Crippen LogP contribution in [0.5, 0.6) is 5.75 Å². The van der Waals surface area contributed by atoms with Crippen molar-refractivity contribution < 1.29 is 23.1 Å². The minimum atomic E-state index is -3.00. The fourth-order valence-electron chi connectivity index (χ4n) is 2.77. The molecule has 0 saturated heterocycles. The lowest BCUT2D eigenvalue weighted by Crippen LogP contribution is -2.21. The number of alkyl halides is 2. The molecule has 2 N–H and O–H groups in total. The molecule has 0 aliphatic carbocycles. The number of rotatable bonds is 7. The molecule has 158 valence electrons. The van der Waals surface area contributed by atoms with E-state index in [1.807, 2.05) is 0 Å². The maximum atomic E-state index is 12.9. The number of aromatic nitrogens is 4. The summed E-state index contributed by atoms with van der Waals surface area (Å²) in [6.45, 7) is 0.993. The Hall–Kier alpha value is -3.76. The van der Waals surface area contributed by atoms with Gasteiger partial charge in [-0.1, -0.05) is 6.07 Å². The summed E-state index contributed by atoms with van der Waals surface area (Å²) in [6, 6.07) is 5.36. The Kier molecular flexibility index (Phi) is 6.09. The van der Waals surface area contributed by atoms with E-state index in [4.69, 9.17) is 0 Å². The molecule has 9 nitrogen and oxygen atoms in total. The number of hydrogen-bond donors (Lipinski definition) is 2. The van der Waals surface area contributed by atoms with Gasteiger partial charge in [-0.15, -0.1) is 0 Å². The minimum Gasteiger partial charge on any atom is -0.435 e. The second kappa shape index (κ2) is 8.72. The van der Waals surface area contributed by atoms with Gasteiger partial charge in [0, 0.05) is 19.2 Å². The zero-order chi connectivity index (χ0) is 21.8. The van der Waals surface area contributed by atoms with Gasteiger partial charge in [0.25, 0.3) is 11.8 Å². The third-order valence-electron chi connectivity index (χ3n) is 4.41. The molecule has 0 fully saturated rings. The van der Waals surface area contributed by atoms with Crippen molar-refractivity contribution in [3.8, 4) is 5.75 Å². The Bertz CT molecular complexity index is 1080. The van der Waals surface area contributed by atoms with E-state index in [0.29, 0.717) is 12.2 Å². The molecule has 0 atom stereocenters. The maximum Gasteiger partial charge on any atom is 0.387 e. The Morgan fingerprint density at radius 2 is 1.83 bits per heavy atom. The first-order valence-corrected chi connectivity index (χ1v) is 9.02. The zero-order valence-corrected chi connectivity index (χ0v) is 16.5. The highest BCUT2D eigenvalue weighted by Gasteiger charge is 2.22. The summed E-state index contributed by atoms with van der Waals surface area (Å²) in [6.07, 6.45) is 2.87. The fraction of sp³-hybridized carbons (Fsp3) is 0.263. The molecule has 30 heavy (non-hydrogen) atoms. The van der Waals surface area contributed by atoms with E-state index < -0.39 is 18.4 Å². The smallest absolute Gasteiger partial charge is 0.387 e. The summed E-state index contributed by atoms with van der Waals surface area (Å²) in [7, 11) is 1.75. The third-order valence-corrected chi connectivity index (χ3v) is 4.41. The largest absolute Gasteiger partial charge is 0.435 e. The Morgan fingerprint density at radius 3 is 2.47 bits per heavy atom. The van der Waals surface area contributed by atoms with Crippen LogP contribution in [0.3, 0.4) is 0 Å². The van der Waals surface area contributed by atoms with Crippen LogP contribution in [-0.4, -0.2) is 38.0 Å². The molecule has 2 amide bonds. The molecule has 0 saturated carbocycles. The number of nitrogens with zero attached hydrogens (tertiary/aromatic N) is 4. The second-order valence-corrected chi connectivity index (χ2v) is 6.30. The predicted octanol–water partition coefficient (Wildman–Crippen LogP) is 3.05. The van der Waals surface area contributed by atoms with Crippen LogP contribution in [0, 0.1) is 6.92 Å². The molecule has 1 aromatic carbocycles. The summed E-state index contributed by atoms with van der Waals surface area (Å²) < 4.78 is 32.2. The lowest BCUT2D eigenvalue weighted by atomic mass is 10.2. The highest BCUT2D eigenvalue weighted by molar-refractivity contribution is 6.11. The molecule has 2 aromatic heterocycles. The molecule has 11 heteroatoms. The summed E-state index contributed by atoms with van der Waals surface area (Å²) in [4.78, 5) is 25.5. The highest BCUT2D eigenvalue weighted by Crippen LogP contribution is 2.21. The standard InChI is InChI=1S/C19H20F2N6O3/c1-4-27-16(18(29)24-14-9-22-26(3)11(14)2)15(10-23-27)25-17(28)12-6-5-7-13(8-12)30-19(20)21/h5-10,19H,4H2,1-3H3,(H,24,29)(H,25,28). The second-order valence-electron chi connectivity index (χ2n) is 6.30. The predicted molar refractivity (Wildman–Crippen MR) is 105 cm³/mol. The van der Waals surface area contributed by atoms with E-state index in [9.17, 15) is 18.4 Å². The van der Waals surface area contributed by atoms with Crippen LogP contribution in [0.4, 0.5) is 20.2 Å². The van der Waals surface area contributed by atoms with E-state index in [0.717, 1.165) is 5.69 Å². The fourth-order valence-corrected chi connectivity index (χ4v) is 2.77. The minimum absolute atomic E-state index is 0.0897. The first-order chi connectivity index (χ1) is 14.3. The van der Waals surface area contributed by atoms with Crippen molar-refractivity contribution >= 4 is 23.2 Å². The van der Waals surface area contributed by atoms with Crippen molar-refractivity contribution in [3.05, 3.63) is 53.6 Å². The summed E-state index contributed by atoms with van der Waals surface area (Å²) >= 11 is 0. The van der Waals surface area contributed by atoms with E-state index in [1.165, 1.54) is 41.3 Å². The average Bonchev–Trinajstić information content (AvgIpc) is 3.25. The molecule has 0 aliphatic rings. The molecular weight excluding hydrogens is 398 g/mol. The van der Waals surface area contributed by atoms with Gasteiger partial charge >= 0.3 is 6.61 Å². The van der Waals surface area contributed by atoms with Gasteiger partial charge in [0.05, 0.1) is 29.5 Å². The quantitative estimate of drug-likeness (QED) is 0.614. The number of ether oxygens (including phenoxy) is 1. The first-order valence-electron chi connectivity index (χ1n) is 9.02. The maximum absolute atomic E-state index is 12.9. The number of carbonyl (C=O) groups is 2. The van der Waals surface area contributed by atoms with Gasteiger partial charge in [0.2, 0.25) is 0 Å². The van der Waals surface area contributed by atoms with Gasteiger partial charge in [0.15, 0.2) is 0 Å². The van der Waals surface area contributed by atoms with Crippen molar-refractivity contribution in [1.29, 1.82) is 0 Å². The zero-order valence-electron chi connectivity index (χ0n) is 16.5. The van der Waals surface area contributed by atoms with Crippen molar-refractivity contribution in [2.45, 2.75) is 27.0 Å². The Labute approximate surface area is 170 Å². The van der Waals surface area contributed by atoms with E-state index >= 15 is 0 Å². The third kappa shape index (κ3) is 4.45. The summed E-state index contributed by atoms with van der Waals surface area (Å²) in [5.74, 6) is -1.22. The van der Waals surface area contributed by atoms with Crippen molar-refractivity contribution in [2.75, 3.05) is 10.6 Å². The number of hydrogen-bond acceptors (Lipinski definition) is 5. The molecular formula is C19H20F2N6O3. The summed E-state index contributed by atoms with van der Waals surface area (Å²) in [5.41, 5.74) is 1.70. The molecule has 0 bridgehead atoms. The number of carbonyl (C=O) groups excluding carboxylic acids is 2. The van der Waals surface area contributed by atoms with Crippen molar-refractivity contribution in [2.24, 2.45) is 7.05 Å². The van der Waals surface area contributed by atoms with Crippen LogP contribution < -0.4 is 15.4 Å². The van der Waals surface area contributed by atoms with Gasteiger partial charge in [-0.05, 0) is 32.0 Å². The topological polar surface area (TPSA) is 103 Å². The highest BCUT2D eigenvalue weighted by atomic mass is 19.3. The molecule has 3 rings (SSSR count). The van der Waals surface area contributed by atoms with Crippen LogP contribution in [0.2, 0.25) is 0 Å². The van der Waals surface area contributed by atoms with Crippen LogP contribution >= 0.6 is 0 Å². The van der Waals surface area contributed by atoms with Gasteiger partial charge in [0.1, 0.15) is 11.4 Å². The number of anilines is 2. The SMILES string of the molecule is CCn1ncc(NC(=O)c2cccc(OC(F)F)c2)c1C(=O)Nc1cnn(C)c1C. The van der Waals surface area contributed by atoms with Crippen LogP contribution in [0.25, 0.3) is 0 Å². The van der Waals surface area contributed by atoms with Crippen LogP contribution in [0.1, 0.15) is 33.5 Å². The lowest BCUT2D eigenvalue weighted by molar-refractivity contribution is -0.0498. The molecule has 3 aromatic rings. The summed E-state index contributed by atoms with van der Waals surface area (Å²) in [5, 5.41) is 13.6. The van der Waals surface area contributed by atoms with Gasteiger partial charge in [-0.2, -0.15) is 19.0 Å². The number of amides is 2. The van der Waals surface area contributed by atoms with Crippen molar-refractivity contribution in [3.63, 3.8) is 0 Å². The normalized spacial score (nSPS) is 10.9. The number of nitrogens with one attached hydrogen (secondary N) is 2. The lowest BCUT2D eigenvalue weighted by Gasteiger charge is -2.10. The van der Waals surface area contributed by atoms with E-state index in [1.54, 1.807) is 25.6 Å². The molecule has 0 radical (unpaired) electrons. The molecule has 0 unspecified atom stereocenters. The molecule has 0 spiro atoms. The van der Waals surface area contributed by atoms with Crippen molar-refractivity contribution in [1.82, 2.24) is 19.6 Å². The van der Waals surface area contributed by atoms with Gasteiger partial charge in [-0.3, -0.25) is 19.0 Å². The van der Waals surface area contributed by atoms with Gasteiger partial charge in [-0.25, -0.2) is 0 Å². The Morgan fingerprint density at radius 1 is 1.13 bits per heavy atom. The van der Waals surface area contributed by atoms with E-state index in [-0.39, 0.29) is 22.7 Å². The Balaban J connectivity index is 1.83. The van der Waals surface area contributed by atoms with E-state index in [2.05, 4.69) is 25.6 Å². The first kappa shape index (κ1) is 21.0. The number of benzene rings is 1. The molecule has 0 aliphatic heterocycles. The monoisotopic (exact) mass is 418 g/mol. The number of aryl methyl sites for hydroxylation is 2. The molecule has 2 heterocycles. The number of halogens is 2. The van der Waals surface area contributed by atoms with Crippen LogP contribution in [-0.2, 0) is 13.6 Å². The van der Waals surface area contributed by atoms with Crippen LogP contribution in [0.15, 0.2) is 36.7 Å². The average molecular weight is 418 g/mol. The van der Waals surface area contributed by atoms with Gasteiger partial charge < -0.3 is 15.4 Å².